The van der Waals surface area contributed by atoms with E-state index in [1.54, 1.807) is 11.8 Å². The van der Waals surface area contributed by atoms with Gasteiger partial charge in [-0.3, -0.25) is 14.5 Å². The molecule has 1 aromatic carbocycles. The molecule has 0 radical (unpaired) electrons. The highest BCUT2D eigenvalue weighted by atomic mass is 16.5. The SMILES string of the molecule is COCC(=O)N1CCOCC2(CN(Cc3cccc(C(C)=O)c3)CCO2)C1. The molecule has 27 heavy (non-hydrogen) atoms. The summed E-state index contributed by atoms with van der Waals surface area (Å²) in [7, 11) is 1.52. The van der Waals surface area contributed by atoms with Crippen molar-refractivity contribution in [2.75, 3.05) is 59.7 Å². The lowest BCUT2D eigenvalue weighted by Crippen LogP contribution is -2.59. The average molecular weight is 376 g/mol. The first-order chi connectivity index (χ1) is 13.0. The number of ether oxygens (including phenoxy) is 3. The molecule has 2 saturated heterocycles. The first-order valence-electron chi connectivity index (χ1n) is 9.32. The zero-order valence-electron chi connectivity index (χ0n) is 16.1. The number of benzene rings is 1. The molecule has 148 valence electrons. The highest BCUT2D eigenvalue weighted by Crippen LogP contribution is 2.24. The van der Waals surface area contributed by atoms with Gasteiger partial charge < -0.3 is 19.1 Å². The molecule has 0 bridgehead atoms. The van der Waals surface area contributed by atoms with Gasteiger partial charge in [0.25, 0.3) is 0 Å². The molecular weight excluding hydrogens is 348 g/mol. The van der Waals surface area contributed by atoms with Gasteiger partial charge in [0.15, 0.2) is 5.78 Å². The van der Waals surface area contributed by atoms with E-state index in [1.165, 1.54) is 7.11 Å². The molecule has 2 aliphatic heterocycles. The number of amides is 1. The van der Waals surface area contributed by atoms with Gasteiger partial charge in [-0.2, -0.15) is 0 Å². The number of morpholine rings is 1. The summed E-state index contributed by atoms with van der Waals surface area (Å²) in [6.45, 7) is 6.46. The minimum atomic E-state index is -0.531. The quantitative estimate of drug-likeness (QED) is 0.714. The molecule has 0 aliphatic carbocycles. The van der Waals surface area contributed by atoms with E-state index in [9.17, 15) is 9.59 Å². The third kappa shape index (κ3) is 5.13. The summed E-state index contributed by atoms with van der Waals surface area (Å²) in [5.41, 5.74) is 1.29. The van der Waals surface area contributed by atoms with E-state index >= 15 is 0 Å². The van der Waals surface area contributed by atoms with Crippen molar-refractivity contribution in [2.24, 2.45) is 0 Å². The standard InChI is InChI=1S/C20H28N2O5/c1-16(23)18-5-3-4-17(10-18)11-21-6-9-27-20(13-21)14-22(7-8-26-15-20)19(24)12-25-2/h3-5,10H,6-9,11-15H2,1-2H3. The predicted octanol–water partition coefficient (Wildman–Crippen LogP) is 0.965. The van der Waals surface area contributed by atoms with Gasteiger partial charge in [0, 0.05) is 38.9 Å². The van der Waals surface area contributed by atoms with Gasteiger partial charge in [0.05, 0.1) is 26.4 Å². The topological polar surface area (TPSA) is 68.3 Å². The van der Waals surface area contributed by atoms with Crippen LogP contribution < -0.4 is 0 Å². The largest absolute Gasteiger partial charge is 0.376 e. The van der Waals surface area contributed by atoms with E-state index in [1.807, 2.05) is 24.3 Å². The summed E-state index contributed by atoms with van der Waals surface area (Å²) in [5, 5.41) is 0. The summed E-state index contributed by atoms with van der Waals surface area (Å²) >= 11 is 0. The highest BCUT2D eigenvalue weighted by molar-refractivity contribution is 5.94. The van der Waals surface area contributed by atoms with Gasteiger partial charge in [-0.15, -0.1) is 0 Å². The zero-order chi connectivity index (χ0) is 19.3. The molecule has 1 unspecified atom stereocenters. The molecule has 1 amide bonds. The van der Waals surface area contributed by atoms with Crippen LogP contribution in [0.25, 0.3) is 0 Å². The van der Waals surface area contributed by atoms with Crippen LogP contribution in [-0.4, -0.2) is 86.8 Å². The monoisotopic (exact) mass is 376 g/mol. The molecule has 7 heteroatoms. The molecule has 7 nitrogen and oxygen atoms in total. The van der Waals surface area contributed by atoms with Gasteiger partial charge >= 0.3 is 0 Å². The molecule has 2 heterocycles. The average Bonchev–Trinajstić information content (AvgIpc) is 2.85. The van der Waals surface area contributed by atoms with Crippen LogP contribution in [0.3, 0.4) is 0 Å². The van der Waals surface area contributed by atoms with E-state index in [0.717, 1.165) is 24.2 Å². The maximum atomic E-state index is 12.3. The molecular formula is C20H28N2O5. The third-order valence-corrected chi connectivity index (χ3v) is 5.04. The van der Waals surface area contributed by atoms with Crippen LogP contribution in [0.15, 0.2) is 24.3 Å². The Balaban J connectivity index is 1.69. The van der Waals surface area contributed by atoms with Crippen molar-refractivity contribution in [1.82, 2.24) is 9.80 Å². The van der Waals surface area contributed by atoms with Crippen molar-refractivity contribution >= 4 is 11.7 Å². The Morgan fingerprint density at radius 2 is 2.07 bits per heavy atom. The predicted molar refractivity (Wildman–Crippen MR) is 99.7 cm³/mol. The van der Waals surface area contributed by atoms with Crippen molar-refractivity contribution in [3.05, 3.63) is 35.4 Å². The van der Waals surface area contributed by atoms with Crippen LogP contribution in [0.1, 0.15) is 22.8 Å². The van der Waals surface area contributed by atoms with Crippen molar-refractivity contribution in [2.45, 2.75) is 19.1 Å². The van der Waals surface area contributed by atoms with Crippen molar-refractivity contribution < 1.29 is 23.8 Å². The lowest BCUT2D eigenvalue weighted by atomic mass is 10.0. The Morgan fingerprint density at radius 3 is 2.85 bits per heavy atom. The lowest BCUT2D eigenvalue weighted by Gasteiger charge is -2.43. The number of nitrogens with zero attached hydrogens (tertiary/aromatic N) is 2. The molecule has 0 saturated carbocycles. The Bertz CT molecular complexity index is 680. The van der Waals surface area contributed by atoms with E-state index in [2.05, 4.69) is 4.90 Å². The lowest BCUT2D eigenvalue weighted by molar-refractivity contribution is -0.154. The number of ketones is 1. The van der Waals surface area contributed by atoms with Gasteiger partial charge in [-0.1, -0.05) is 18.2 Å². The van der Waals surface area contributed by atoms with E-state index in [4.69, 9.17) is 14.2 Å². The van der Waals surface area contributed by atoms with E-state index in [0.29, 0.717) is 39.5 Å². The first kappa shape index (κ1) is 19.9. The Labute approximate surface area is 160 Å². The number of rotatable bonds is 5. The fourth-order valence-corrected chi connectivity index (χ4v) is 3.72. The maximum Gasteiger partial charge on any atom is 0.248 e. The Kier molecular flexibility index (Phi) is 6.59. The number of methoxy groups -OCH3 is 1. The smallest absolute Gasteiger partial charge is 0.248 e. The molecule has 3 rings (SSSR count). The molecule has 0 aromatic heterocycles. The van der Waals surface area contributed by atoms with Gasteiger partial charge in [-0.25, -0.2) is 0 Å². The summed E-state index contributed by atoms with van der Waals surface area (Å²) in [6, 6.07) is 7.74. The summed E-state index contributed by atoms with van der Waals surface area (Å²) in [4.78, 5) is 28.0. The van der Waals surface area contributed by atoms with Crippen LogP contribution in [0.2, 0.25) is 0 Å². The van der Waals surface area contributed by atoms with Crippen LogP contribution in [-0.2, 0) is 25.5 Å². The van der Waals surface area contributed by atoms with Gasteiger partial charge in [0.2, 0.25) is 5.91 Å². The number of hydrogen-bond donors (Lipinski definition) is 0. The van der Waals surface area contributed by atoms with Crippen LogP contribution in [0.4, 0.5) is 0 Å². The summed E-state index contributed by atoms with van der Waals surface area (Å²) < 4.78 is 16.9. The van der Waals surface area contributed by atoms with Crippen molar-refractivity contribution in [1.29, 1.82) is 0 Å². The maximum absolute atomic E-state index is 12.3. The molecule has 2 aliphatic rings. The van der Waals surface area contributed by atoms with Crippen molar-refractivity contribution in [3.8, 4) is 0 Å². The number of hydrogen-bond acceptors (Lipinski definition) is 6. The van der Waals surface area contributed by atoms with E-state index in [-0.39, 0.29) is 18.3 Å². The summed E-state index contributed by atoms with van der Waals surface area (Å²) in [5.74, 6) is 0.0250. The fourth-order valence-electron chi connectivity index (χ4n) is 3.72. The highest BCUT2D eigenvalue weighted by Gasteiger charge is 2.41. The fraction of sp³-hybridized carbons (Fsp3) is 0.600. The Morgan fingerprint density at radius 1 is 1.22 bits per heavy atom. The first-order valence-corrected chi connectivity index (χ1v) is 9.32. The minimum absolute atomic E-state index is 0.0442. The molecule has 1 atom stereocenters. The minimum Gasteiger partial charge on any atom is -0.376 e. The van der Waals surface area contributed by atoms with Crippen LogP contribution in [0, 0.1) is 0 Å². The number of carbonyl (C=O) groups is 2. The third-order valence-electron chi connectivity index (χ3n) is 5.04. The number of carbonyl (C=O) groups excluding carboxylic acids is 2. The molecule has 0 N–H and O–H groups in total. The summed E-state index contributed by atoms with van der Waals surface area (Å²) in [6.07, 6.45) is 0. The van der Waals surface area contributed by atoms with Crippen molar-refractivity contribution in [3.63, 3.8) is 0 Å². The van der Waals surface area contributed by atoms with E-state index < -0.39 is 5.60 Å². The second-order valence-corrected chi connectivity index (χ2v) is 7.30. The second kappa shape index (κ2) is 8.93. The van der Waals surface area contributed by atoms with Crippen LogP contribution >= 0.6 is 0 Å². The molecule has 1 spiro atoms. The normalized spacial score (nSPS) is 24.0. The van der Waals surface area contributed by atoms with Gasteiger partial charge in [-0.05, 0) is 18.6 Å². The zero-order valence-corrected chi connectivity index (χ0v) is 16.1. The van der Waals surface area contributed by atoms with Gasteiger partial charge in [0.1, 0.15) is 12.2 Å². The number of Topliss-reactive ketones (excluding diaryl/α,β-unsaturated/α-hetero) is 1. The molecule has 2 fully saturated rings. The van der Waals surface area contributed by atoms with Crippen LogP contribution in [0.5, 0.6) is 0 Å². The second-order valence-electron chi connectivity index (χ2n) is 7.30. The Hall–Kier alpha value is -1.80. The molecule has 1 aromatic rings.